The number of halogens is 2. The molecule has 3 N–H and O–H groups in total. The maximum atomic E-state index is 14.3. The largest absolute Gasteiger partial charge is 0.374 e. The number of nitrogens with one attached hydrogen (secondary N) is 3. The summed E-state index contributed by atoms with van der Waals surface area (Å²) in [6, 6.07) is 7.32. The van der Waals surface area contributed by atoms with Gasteiger partial charge in [-0.25, -0.2) is 18.3 Å². The van der Waals surface area contributed by atoms with E-state index in [1.807, 2.05) is 6.07 Å². The number of carbonyl (C=O) groups excluding carboxylic acids is 4. The number of aromatic nitrogens is 6. The van der Waals surface area contributed by atoms with Crippen molar-refractivity contribution in [3.63, 3.8) is 0 Å². The fourth-order valence-corrected chi connectivity index (χ4v) is 9.66. The summed E-state index contributed by atoms with van der Waals surface area (Å²) in [7, 11) is 0. The van der Waals surface area contributed by atoms with E-state index >= 15 is 0 Å². The molecule has 1 aromatic carbocycles. The molecule has 1 unspecified atom stereocenters. The number of rotatable bonds is 11. The first kappa shape index (κ1) is 39.3. The van der Waals surface area contributed by atoms with E-state index in [4.69, 9.17) is 14.2 Å². The molecular formula is C41H46F2N12O6. The molecule has 3 atom stereocenters. The molecule has 4 aliphatic heterocycles. The zero-order valence-electron chi connectivity index (χ0n) is 33.3. The lowest BCUT2D eigenvalue weighted by Gasteiger charge is -2.38. The molecule has 61 heavy (non-hydrogen) atoms. The van der Waals surface area contributed by atoms with E-state index in [0.29, 0.717) is 46.9 Å². The number of fused-ring (bicyclic) bond motifs is 4. The molecule has 8 heterocycles. The number of imide groups is 1. The van der Waals surface area contributed by atoms with E-state index in [9.17, 15) is 28.0 Å². The van der Waals surface area contributed by atoms with Crippen molar-refractivity contribution >= 4 is 57.4 Å². The highest BCUT2D eigenvalue weighted by atomic mass is 19.3. The number of hydrogen-bond donors (Lipinski definition) is 3. The van der Waals surface area contributed by atoms with Crippen molar-refractivity contribution in [2.45, 2.75) is 75.5 Å². The Morgan fingerprint density at radius 3 is 2.54 bits per heavy atom. The first-order valence-corrected chi connectivity index (χ1v) is 21.0. The van der Waals surface area contributed by atoms with Gasteiger partial charge < -0.3 is 29.7 Å². The molecule has 320 valence electrons. The van der Waals surface area contributed by atoms with E-state index in [2.05, 4.69) is 46.0 Å². The van der Waals surface area contributed by atoms with Crippen molar-refractivity contribution in [1.82, 2.24) is 44.7 Å². The number of hydrogen-bond acceptors (Lipinski definition) is 13. The van der Waals surface area contributed by atoms with Crippen LogP contribution in [-0.2, 0) is 19.1 Å². The molecule has 2 bridgehead atoms. The Bertz CT molecular complexity index is 2490. The SMILES string of the molecule is O=C1CCC(c2noc3c(NC(=O)CN4CCN(CC5CCC(n6cc(NC(=O)c7cnn8ccc(N9C[C@@H]%10C[C@H]9CO%10)nc78)c(C(F)F)n6)CC5)CC4)cccc23)C(=O)N1. The highest BCUT2D eigenvalue weighted by Gasteiger charge is 2.40. The van der Waals surface area contributed by atoms with Crippen LogP contribution in [0.15, 0.2) is 47.4 Å². The van der Waals surface area contributed by atoms with Gasteiger partial charge in [0.2, 0.25) is 17.7 Å². The Morgan fingerprint density at radius 1 is 0.967 bits per heavy atom. The van der Waals surface area contributed by atoms with E-state index in [-0.39, 0.29) is 54.2 Å². The molecule has 5 aromatic rings. The molecule has 4 amide bonds. The van der Waals surface area contributed by atoms with Crippen molar-refractivity contribution in [1.29, 1.82) is 0 Å². The van der Waals surface area contributed by atoms with Gasteiger partial charge in [-0.05, 0) is 62.6 Å². The van der Waals surface area contributed by atoms with Crippen LogP contribution in [0.4, 0.5) is 26.0 Å². The van der Waals surface area contributed by atoms with Crippen molar-refractivity contribution in [2.75, 3.05) is 68.0 Å². The Morgan fingerprint density at radius 2 is 1.79 bits per heavy atom. The molecule has 20 heteroatoms. The van der Waals surface area contributed by atoms with Gasteiger partial charge in [0.05, 0.1) is 54.8 Å². The number of alkyl halides is 2. The first-order valence-electron chi connectivity index (χ1n) is 21.0. The third-order valence-electron chi connectivity index (χ3n) is 12.9. The number of para-hydroxylation sites is 1. The fourth-order valence-electron chi connectivity index (χ4n) is 9.66. The number of amides is 4. The zero-order valence-corrected chi connectivity index (χ0v) is 33.3. The van der Waals surface area contributed by atoms with Gasteiger partial charge in [-0.3, -0.25) is 34.1 Å². The normalized spacial score (nSPS) is 24.9. The Balaban J connectivity index is 0.699. The van der Waals surface area contributed by atoms with Crippen molar-refractivity contribution in [3.8, 4) is 0 Å². The van der Waals surface area contributed by atoms with Crippen LogP contribution >= 0.6 is 0 Å². The maximum absolute atomic E-state index is 14.3. The summed E-state index contributed by atoms with van der Waals surface area (Å²) < 4.78 is 43.0. The third-order valence-corrected chi connectivity index (χ3v) is 12.9. The van der Waals surface area contributed by atoms with Crippen molar-refractivity contribution in [3.05, 3.63) is 59.8 Å². The monoisotopic (exact) mass is 840 g/mol. The van der Waals surface area contributed by atoms with E-state index in [0.717, 1.165) is 77.2 Å². The van der Waals surface area contributed by atoms with Gasteiger partial charge >= 0.3 is 0 Å². The van der Waals surface area contributed by atoms with Crippen LogP contribution in [0.3, 0.4) is 0 Å². The number of anilines is 3. The summed E-state index contributed by atoms with van der Waals surface area (Å²) in [5, 5.41) is 21.3. The van der Waals surface area contributed by atoms with Crippen LogP contribution in [0.2, 0.25) is 0 Å². The summed E-state index contributed by atoms with van der Waals surface area (Å²) in [5.74, 6) is -0.905. The van der Waals surface area contributed by atoms with E-state index in [1.165, 1.54) is 16.9 Å². The molecule has 1 aliphatic carbocycles. The van der Waals surface area contributed by atoms with E-state index < -0.39 is 29.9 Å². The molecular weight excluding hydrogens is 795 g/mol. The second kappa shape index (κ2) is 16.2. The van der Waals surface area contributed by atoms with Crippen LogP contribution < -0.4 is 20.9 Å². The number of piperidine rings is 1. The first-order chi connectivity index (χ1) is 29.6. The molecule has 5 fully saturated rings. The van der Waals surface area contributed by atoms with Gasteiger partial charge in [0, 0.05) is 63.5 Å². The number of morpholine rings is 1. The molecule has 1 saturated carbocycles. The summed E-state index contributed by atoms with van der Waals surface area (Å²) in [5.41, 5.74) is 1.35. The predicted molar refractivity (Wildman–Crippen MR) is 215 cm³/mol. The van der Waals surface area contributed by atoms with Gasteiger partial charge in [0.15, 0.2) is 16.9 Å². The van der Waals surface area contributed by atoms with Crippen molar-refractivity contribution in [2.24, 2.45) is 5.92 Å². The minimum atomic E-state index is -2.87. The predicted octanol–water partition coefficient (Wildman–Crippen LogP) is 3.74. The van der Waals surface area contributed by atoms with Crippen LogP contribution in [0.5, 0.6) is 0 Å². The van der Waals surface area contributed by atoms with Crippen LogP contribution in [0.25, 0.3) is 16.6 Å². The standard InChI is InChI=1S/C41H46F2N12O6/c42-38(43)36-31(46-41(59)29-17-44-54-11-10-32(47-39(29)54)53-19-26-16-25(53)22-60-26)20-55(49-36)24-6-4-23(5-7-24)18-51-12-14-52(15-13-51)21-34(57)45-30-3-1-2-27-35(50-61-37(27)30)28-8-9-33(56)48-40(28)58/h1-3,10-11,17,20,23-26,28,38H,4-9,12-16,18-19,21-22H2,(H,45,57)(H,46,59)(H,48,56,58)/t23?,24?,25-,26-,28?/m0/s1. The average Bonchev–Trinajstić information content (AvgIpc) is 4.11. The molecule has 18 nitrogen and oxygen atoms in total. The highest BCUT2D eigenvalue weighted by Crippen LogP contribution is 2.37. The minimum Gasteiger partial charge on any atom is -0.374 e. The molecule has 0 radical (unpaired) electrons. The summed E-state index contributed by atoms with van der Waals surface area (Å²) in [4.78, 5) is 62.2. The summed E-state index contributed by atoms with van der Waals surface area (Å²) in [6.45, 7) is 5.59. The number of benzene rings is 1. The molecule has 0 spiro atoms. The molecule has 5 aliphatic rings. The van der Waals surface area contributed by atoms with Gasteiger partial charge in [-0.2, -0.15) is 10.2 Å². The Kier molecular flexibility index (Phi) is 10.4. The smallest absolute Gasteiger partial charge is 0.284 e. The fraction of sp³-hybridized carbons (Fsp3) is 0.512. The molecule has 4 aromatic heterocycles. The van der Waals surface area contributed by atoms with Gasteiger partial charge in [0.1, 0.15) is 17.1 Å². The molecule has 4 saturated heterocycles. The Hall–Kier alpha value is -5.86. The summed E-state index contributed by atoms with van der Waals surface area (Å²) >= 11 is 0. The zero-order chi connectivity index (χ0) is 41.8. The topological polar surface area (TPSA) is 197 Å². The highest BCUT2D eigenvalue weighted by molar-refractivity contribution is 6.08. The summed E-state index contributed by atoms with van der Waals surface area (Å²) in [6.07, 6.45) is 6.87. The quantitative estimate of drug-likeness (QED) is 0.163. The number of nitrogens with zero attached hydrogens (tertiary/aromatic N) is 9. The number of piperazine rings is 1. The van der Waals surface area contributed by atoms with Crippen molar-refractivity contribution < 1.29 is 37.2 Å². The van der Waals surface area contributed by atoms with Gasteiger partial charge in [0.25, 0.3) is 12.3 Å². The Labute approximate surface area is 347 Å². The van der Waals surface area contributed by atoms with Crippen LogP contribution in [-0.4, -0.2) is 128 Å². The van der Waals surface area contributed by atoms with Crippen LogP contribution in [0.1, 0.15) is 85.1 Å². The second-order valence-corrected chi connectivity index (χ2v) is 16.8. The van der Waals surface area contributed by atoms with Gasteiger partial charge in [-0.15, -0.1) is 0 Å². The van der Waals surface area contributed by atoms with Gasteiger partial charge in [-0.1, -0.05) is 11.2 Å². The van der Waals surface area contributed by atoms with E-state index in [1.54, 1.807) is 29.1 Å². The third kappa shape index (κ3) is 7.83. The van der Waals surface area contributed by atoms with Crippen LogP contribution in [0, 0.1) is 5.92 Å². The lowest BCUT2D eigenvalue weighted by Crippen LogP contribution is -2.49. The number of ether oxygens (including phenoxy) is 1. The minimum absolute atomic E-state index is 0.0212. The maximum Gasteiger partial charge on any atom is 0.284 e. The lowest BCUT2D eigenvalue weighted by molar-refractivity contribution is -0.134. The average molecular weight is 841 g/mol. The lowest BCUT2D eigenvalue weighted by atomic mass is 9.85. The number of carbonyl (C=O) groups is 4. The second-order valence-electron chi connectivity index (χ2n) is 16.8. The molecule has 10 rings (SSSR count).